The van der Waals surface area contributed by atoms with Crippen molar-refractivity contribution in [2.24, 2.45) is 0 Å². The van der Waals surface area contributed by atoms with Gasteiger partial charge in [-0.2, -0.15) is 9.97 Å². The Labute approximate surface area is 344 Å². The molecule has 0 unspecified atom stereocenters. The average Bonchev–Trinajstić information content (AvgIpc) is 4.02. The summed E-state index contributed by atoms with van der Waals surface area (Å²) in [7, 11) is 0. The van der Waals surface area contributed by atoms with Crippen molar-refractivity contribution in [3.8, 4) is 51.0 Å². The molecule has 6 nitrogen and oxygen atoms in total. The van der Waals surface area contributed by atoms with Gasteiger partial charge < -0.3 is 8.83 Å². The van der Waals surface area contributed by atoms with Crippen LogP contribution in [-0.4, -0.2) is 19.5 Å². The lowest BCUT2D eigenvalue weighted by Gasteiger charge is -2.22. The first-order valence-electron chi connectivity index (χ1n) is 20.3. The lowest BCUT2D eigenvalue weighted by molar-refractivity contribution is 0.647. The molecular formula is C54H34N4O2. The molecule has 0 radical (unpaired) electrons. The summed E-state index contributed by atoms with van der Waals surface area (Å²) in [6.45, 7) is 4.65. The molecule has 0 bridgehead atoms. The Morgan fingerprint density at radius 3 is 1.90 bits per heavy atom. The number of furan rings is 2. The maximum absolute atomic E-state index is 6.49. The summed E-state index contributed by atoms with van der Waals surface area (Å²) in [6, 6.07) is 59.6. The number of aromatic nitrogens is 4. The van der Waals surface area contributed by atoms with Crippen molar-refractivity contribution in [3.63, 3.8) is 0 Å². The van der Waals surface area contributed by atoms with Crippen LogP contribution in [0.25, 0.3) is 117 Å². The average molecular weight is 771 g/mol. The van der Waals surface area contributed by atoms with E-state index in [4.69, 9.17) is 23.8 Å². The quantitative estimate of drug-likeness (QED) is 0.178. The van der Waals surface area contributed by atoms with Crippen molar-refractivity contribution in [1.29, 1.82) is 0 Å². The Balaban J connectivity index is 0.979. The summed E-state index contributed by atoms with van der Waals surface area (Å²) in [5.41, 5.74) is 14.5. The predicted molar refractivity (Wildman–Crippen MR) is 243 cm³/mol. The minimum absolute atomic E-state index is 0.201. The van der Waals surface area contributed by atoms with Crippen molar-refractivity contribution >= 4 is 65.7 Å². The summed E-state index contributed by atoms with van der Waals surface area (Å²) in [6.07, 6.45) is 0. The molecule has 4 aromatic heterocycles. The second-order valence-corrected chi connectivity index (χ2v) is 16.4. The highest BCUT2D eigenvalue weighted by molar-refractivity contribution is 6.12. The van der Waals surface area contributed by atoms with Gasteiger partial charge in [0.05, 0.1) is 16.6 Å². The molecule has 0 saturated heterocycles. The van der Waals surface area contributed by atoms with Crippen LogP contribution in [0.2, 0.25) is 0 Å². The third-order valence-corrected chi connectivity index (χ3v) is 12.7. The van der Waals surface area contributed by atoms with Crippen LogP contribution in [-0.2, 0) is 5.41 Å². The molecule has 60 heavy (non-hydrogen) atoms. The first-order valence-corrected chi connectivity index (χ1v) is 20.3. The third kappa shape index (κ3) is 4.67. The lowest BCUT2D eigenvalue weighted by atomic mass is 9.81. The van der Waals surface area contributed by atoms with Gasteiger partial charge in [-0.05, 0) is 88.0 Å². The van der Waals surface area contributed by atoms with Crippen LogP contribution in [0.1, 0.15) is 25.0 Å². The van der Waals surface area contributed by atoms with Crippen LogP contribution >= 0.6 is 0 Å². The van der Waals surface area contributed by atoms with Gasteiger partial charge in [-0.1, -0.05) is 129 Å². The first kappa shape index (κ1) is 33.2. The minimum Gasteiger partial charge on any atom is -0.456 e. The number of hydrogen-bond acceptors (Lipinski definition) is 5. The fourth-order valence-electron chi connectivity index (χ4n) is 9.72. The summed E-state index contributed by atoms with van der Waals surface area (Å²) >= 11 is 0. The molecule has 12 aromatic rings. The molecule has 6 heteroatoms. The van der Waals surface area contributed by atoms with E-state index in [0.717, 1.165) is 82.4 Å². The smallest absolute Gasteiger partial charge is 0.238 e. The van der Waals surface area contributed by atoms with E-state index in [9.17, 15) is 0 Å². The van der Waals surface area contributed by atoms with Crippen molar-refractivity contribution in [1.82, 2.24) is 19.5 Å². The normalized spacial score (nSPS) is 13.3. The number of para-hydroxylation sites is 4. The van der Waals surface area contributed by atoms with Gasteiger partial charge in [-0.25, -0.2) is 4.98 Å². The maximum Gasteiger partial charge on any atom is 0.238 e. The molecule has 1 aliphatic carbocycles. The molecule has 1 aliphatic rings. The second-order valence-electron chi connectivity index (χ2n) is 16.4. The van der Waals surface area contributed by atoms with Gasteiger partial charge in [0.1, 0.15) is 22.3 Å². The van der Waals surface area contributed by atoms with Gasteiger partial charge >= 0.3 is 0 Å². The Bertz CT molecular complexity index is 3760. The molecule has 8 aromatic carbocycles. The van der Waals surface area contributed by atoms with Gasteiger partial charge in [0.2, 0.25) is 5.95 Å². The van der Waals surface area contributed by atoms with Crippen LogP contribution in [0.15, 0.2) is 179 Å². The third-order valence-electron chi connectivity index (χ3n) is 12.7. The van der Waals surface area contributed by atoms with Gasteiger partial charge in [0.15, 0.2) is 11.6 Å². The number of benzene rings is 8. The van der Waals surface area contributed by atoms with Crippen LogP contribution in [0, 0.1) is 0 Å². The van der Waals surface area contributed by atoms with E-state index < -0.39 is 0 Å². The fraction of sp³-hybridized carbons (Fsp3) is 0.0556. The van der Waals surface area contributed by atoms with E-state index in [1.165, 1.54) is 27.8 Å². The molecule has 13 rings (SSSR count). The van der Waals surface area contributed by atoms with Gasteiger partial charge in [0.25, 0.3) is 0 Å². The number of nitrogens with zero attached hydrogens (tertiary/aromatic N) is 4. The molecule has 0 N–H and O–H groups in total. The lowest BCUT2D eigenvalue weighted by Crippen LogP contribution is -2.15. The molecule has 0 fully saturated rings. The van der Waals surface area contributed by atoms with E-state index in [2.05, 4.69) is 115 Å². The highest BCUT2D eigenvalue weighted by Crippen LogP contribution is 2.52. The molecule has 0 saturated carbocycles. The molecular weight excluding hydrogens is 737 g/mol. The van der Waals surface area contributed by atoms with E-state index in [0.29, 0.717) is 17.6 Å². The molecule has 0 aliphatic heterocycles. The fourth-order valence-corrected chi connectivity index (χ4v) is 9.72. The topological polar surface area (TPSA) is 69.9 Å². The maximum atomic E-state index is 6.49. The number of hydrogen-bond donors (Lipinski definition) is 0. The summed E-state index contributed by atoms with van der Waals surface area (Å²) in [5, 5.41) is 6.65. The molecule has 0 spiro atoms. The van der Waals surface area contributed by atoms with Crippen LogP contribution in [0.5, 0.6) is 0 Å². The van der Waals surface area contributed by atoms with Crippen LogP contribution < -0.4 is 0 Å². The Morgan fingerprint density at radius 1 is 0.400 bits per heavy atom. The van der Waals surface area contributed by atoms with Crippen LogP contribution in [0.3, 0.4) is 0 Å². The van der Waals surface area contributed by atoms with E-state index in [1.54, 1.807) is 0 Å². The van der Waals surface area contributed by atoms with Gasteiger partial charge in [-0.15, -0.1) is 0 Å². The molecule has 0 amide bonds. The first-order chi connectivity index (χ1) is 29.5. The predicted octanol–water partition coefficient (Wildman–Crippen LogP) is 14.1. The van der Waals surface area contributed by atoms with E-state index >= 15 is 0 Å². The van der Waals surface area contributed by atoms with E-state index in [-0.39, 0.29) is 5.41 Å². The Morgan fingerprint density at radius 2 is 1.05 bits per heavy atom. The zero-order valence-electron chi connectivity index (χ0n) is 32.8. The summed E-state index contributed by atoms with van der Waals surface area (Å²) in [4.78, 5) is 15.5. The van der Waals surface area contributed by atoms with Crippen molar-refractivity contribution in [2.75, 3.05) is 0 Å². The second kappa shape index (κ2) is 12.1. The zero-order valence-corrected chi connectivity index (χ0v) is 32.8. The SMILES string of the molecule is CC1(C)c2cc(-c3ccc4c(c3)c3ccccc3n4-c3nc(-c4ccccc4)nc(-c4cccc5c4oc4ccccc45)n3)ccc2-c2cc3c(cc21)oc1ccccc13. The minimum atomic E-state index is -0.201. The van der Waals surface area contributed by atoms with Gasteiger partial charge in [0, 0.05) is 43.3 Å². The Kier molecular flexibility index (Phi) is 6.69. The number of fused-ring (bicyclic) bond motifs is 12. The highest BCUT2D eigenvalue weighted by atomic mass is 16.3. The monoisotopic (exact) mass is 770 g/mol. The zero-order chi connectivity index (χ0) is 39.7. The largest absolute Gasteiger partial charge is 0.456 e. The highest BCUT2D eigenvalue weighted by Gasteiger charge is 2.36. The van der Waals surface area contributed by atoms with Crippen LogP contribution in [0.4, 0.5) is 0 Å². The Hall–Kier alpha value is -7.83. The van der Waals surface area contributed by atoms with E-state index in [1.807, 2.05) is 72.8 Å². The molecule has 4 heterocycles. The van der Waals surface area contributed by atoms with Crippen molar-refractivity contribution < 1.29 is 8.83 Å². The number of rotatable bonds is 4. The van der Waals surface area contributed by atoms with Gasteiger partial charge in [-0.3, -0.25) is 4.57 Å². The van der Waals surface area contributed by atoms with Crippen molar-refractivity contribution in [2.45, 2.75) is 19.3 Å². The molecule has 282 valence electrons. The summed E-state index contributed by atoms with van der Waals surface area (Å²) < 4.78 is 15.0. The van der Waals surface area contributed by atoms with Crippen molar-refractivity contribution in [3.05, 3.63) is 181 Å². The summed E-state index contributed by atoms with van der Waals surface area (Å²) in [5.74, 6) is 1.68. The standard InChI is InChI=1S/C54H34N4O2/c1-54(2)43-28-33(23-25-34(43)40-29-42-37-17-8-10-21-47(37)59-49(42)30-44(40)54)32-24-26-46-41(27-32)35-15-6-9-20-45(35)58(46)53-56-51(31-13-4-3-5-14-31)55-52(57-53)39-19-12-18-38-36-16-7-11-22-48(36)60-50(38)39/h3-30H,1-2H3. The molecule has 0 atom stereocenters.